The Labute approximate surface area is 203 Å². The minimum atomic E-state index is -3.60. The topological polar surface area (TPSA) is 58.5 Å². The Bertz CT molecular complexity index is 850. The predicted octanol–water partition coefficient (Wildman–Crippen LogP) is 8.02. The number of aryl methyl sites for hydroxylation is 1. The van der Waals surface area contributed by atoms with Gasteiger partial charge in [-0.3, -0.25) is 0 Å². The molecule has 0 amide bonds. The van der Waals surface area contributed by atoms with Crippen LogP contribution < -0.4 is 4.83 Å². The van der Waals surface area contributed by atoms with Crippen LogP contribution in [0.3, 0.4) is 0 Å². The monoisotopic (exact) mass is 472 g/mol. The quantitative estimate of drug-likeness (QED) is 0.102. The van der Waals surface area contributed by atoms with Crippen molar-refractivity contribution in [3.05, 3.63) is 66.3 Å². The predicted molar refractivity (Wildman–Crippen MR) is 143 cm³/mol. The molecule has 0 atom stereocenters. The summed E-state index contributed by atoms with van der Waals surface area (Å²) in [5.41, 5.74) is 1.97. The SMILES string of the molecule is CC/C=C\C/C=C\C/C=C\CCCCCCC/C(CCC)=N\NS(=O)(=O)c1ccc(C)cc1. The Morgan fingerprint density at radius 1 is 0.818 bits per heavy atom. The van der Waals surface area contributed by atoms with Crippen LogP contribution in [0.1, 0.15) is 96.5 Å². The van der Waals surface area contributed by atoms with E-state index in [1.807, 2.05) is 6.92 Å². The van der Waals surface area contributed by atoms with Crippen molar-refractivity contribution in [3.63, 3.8) is 0 Å². The van der Waals surface area contributed by atoms with Crippen molar-refractivity contribution in [1.82, 2.24) is 4.83 Å². The molecule has 184 valence electrons. The van der Waals surface area contributed by atoms with Crippen molar-refractivity contribution in [2.24, 2.45) is 5.10 Å². The standard InChI is InChI=1S/C28H44N2O2S/c1-4-6-7-8-9-10-11-12-13-14-15-16-17-18-19-21-27(20-5-2)29-30-33(31,32)28-24-22-26(3)23-25-28/h6-7,9-10,12-13,22-25,30H,4-5,8,11,14-21H2,1-3H3/b7-6-,10-9-,13-12-,29-27-. The molecule has 0 radical (unpaired) electrons. The molecule has 0 aliphatic carbocycles. The summed E-state index contributed by atoms with van der Waals surface area (Å²) >= 11 is 0. The highest BCUT2D eigenvalue weighted by molar-refractivity contribution is 7.89. The first-order valence-corrected chi connectivity index (χ1v) is 14.1. The number of allylic oxidation sites excluding steroid dienone is 6. The van der Waals surface area contributed by atoms with Gasteiger partial charge in [0.1, 0.15) is 0 Å². The van der Waals surface area contributed by atoms with Crippen molar-refractivity contribution < 1.29 is 8.42 Å². The summed E-state index contributed by atoms with van der Waals surface area (Å²) in [6.45, 7) is 6.18. The van der Waals surface area contributed by atoms with Gasteiger partial charge in [0.2, 0.25) is 0 Å². The first kappa shape index (κ1) is 28.9. The first-order valence-electron chi connectivity index (χ1n) is 12.6. The Morgan fingerprint density at radius 2 is 1.42 bits per heavy atom. The second-order valence-corrected chi connectivity index (χ2v) is 10.1. The lowest BCUT2D eigenvalue weighted by atomic mass is 10.0. The molecule has 0 heterocycles. The number of hydrogen-bond donors (Lipinski definition) is 1. The zero-order valence-corrected chi connectivity index (χ0v) is 21.7. The molecule has 0 unspecified atom stereocenters. The van der Waals surface area contributed by atoms with E-state index in [2.05, 4.69) is 60.2 Å². The molecule has 0 aromatic heterocycles. The number of nitrogens with one attached hydrogen (secondary N) is 1. The van der Waals surface area contributed by atoms with Crippen LogP contribution in [0.15, 0.2) is 70.7 Å². The minimum Gasteiger partial charge on any atom is -0.200 e. The number of nitrogens with zero attached hydrogens (tertiary/aromatic N) is 1. The molecule has 1 aromatic rings. The summed E-state index contributed by atoms with van der Waals surface area (Å²) < 4.78 is 24.9. The van der Waals surface area contributed by atoms with Gasteiger partial charge in [-0.25, -0.2) is 4.83 Å². The lowest BCUT2D eigenvalue weighted by Gasteiger charge is -2.08. The Hall–Kier alpha value is -2.14. The third-order valence-electron chi connectivity index (χ3n) is 5.31. The minimum absolute atomic E-state index is 0.252. The van der Waals surface area contributed by atoms with E-state index in [4.69, 9.17) is 0 Å². The molecule has 0 bridgehead atoms. The number of rotatable bonds is 18. The number of sulfonamides is 1. The van der Waals surface area contributed by atoms with Gasteiger partial charge in [0.15, 0.2) is 0 Å². The second-order valence-electron chi connectivity index (χ2n) is 8.44. The molecule has 0 saturated carbocycles. The highest BCUT2D eigenvalue weighted by atomic mass is 32.2. The van der Waals surface area contributed by atoms with Crippen molar-refractivity contribution in [2.75, 3.05) is 0 Å². The fourth-order valence-electron chi connectivity index (χ4n) is 3.37. The van der Waals surface area contributed by atoms with Crippen LogP contribution in [0.4, 0.5) is 0 Å². The van der Waals surface area contributed by atoms with E-state index in [9.17, 15) is 8.42 Å². The molecule has 1 aromatic carbocycles. The Kier molecular flexibility index (Phi) is 16.0. The van der Waals surface area contributed by atoms with Crippen LogP contribution in [0.5, 0.6) is 0 Å². The zero-order valence-electron chi connectivity index (χ0n) is 20.9. The molecule has 1 N–H and O–H groups in total. The molecule has 0 saturated heterocycles. The second kappa shape index (κ2) is 18.3. The van der Waals surface area contributed by atoms with Gasteiger partial charge in [-0.1, -0.05) is 93.7 Å². The van der Waals surface area contributed by atoms with Gasteiger partial charge in [0.25, 0.3) is 10.0 Å². The van der Waals surface area contributed by atoms with Crippen LogP contribution in [0.2, 0.25) is 0 Å². The summed E-state index contributed by atoms with van der Waals surface area (Å²) in [5.74, 6) is 0. The normalized spacial score (nSPS) is 13.0. The van der Waals surface area contributed by atoms with Gasteiger partial charge in [0.05, 0.1) is 4.90 Å². The molecule has 1 rings (SSSR count). The summed E-state index contributed by atoms with van der Waals surface area (Å²) in [4.78, 5) is 2.68. The number of benzene rings is 1. The van der Waals surface area contributed by atoms with E-state index >= 15 is 0 Å². The highest BCUT2D eigenvalue weighted by Gasteiger charge is 2.12. The molecule has 0 aliphatic heterocycles. The van der Waals surface area contributed by atoms with Crippen molar-refractivity contribution in [3.8, 4) is 0 Å². The number of hydrazone groups is 1. The lowest BCUT2D eigenvalue weighted by Crippen LogP contribution is -2.20. The molecule has 33 heavy (non-hydrogen) atoms. The fourth-order valence-corrected chi connectivity index (χ4v) is 4.22. The van der Waals surface area contributed by atoms with Crippen LogP contribution in [-0.2, 0) is 10.0 Å². The van der Waals surface area contributed by atoms with Crippen LogP contribution in [0.25, 0.3) is 0 Å². The molecular weight excluding hydrogens is 428 g/mol. The fraction of sp³-hybridized carbons (Fsp3) is 0.536. The maximum absolute atomic E-state index is 12.4. The largest absolute Gasteiger partial charge is 0.276 e. The maximum atomic E-state index is 12.4. The van der Waals surface area contributed by atoms with Gasteiger partial charge in [-0.2, -0.15) is 13.5 Å². The summed E-state index contributed by atoms with van der Waals surface area (Å²) in [6, 6.07) is 6.83. The van der Waals surface area contributed by atoms with Crippen molar-refractivity contribution >= 4 is 15.7 Å². The Morgan fingerprint density at radius 3 is 2.09 bits per heavy atom. The third-order valence-corrected chi connectivity index (χ3v) is 6.53. The lowest BCUT2D eigenvalue weighted by molar-refractivity contribution is 0.583. The molecular formula is C28H44N2O2S. The molecule has 5 heteroatoms. The highest BCUT2D eigenvalue weighted by Crippen LogP contribution is 2.12. The van der Waals surface area contributed by atoms with E-state index in [1.165, 1.54) is 19.3 Å². The van der Waals surface area contributed by atoms with E-state index in [0.29, 0.717) is 0 Å². The number of hydrogen-bond acceptors (Lipinski definition) is 3. The van der Waals surface area contributed by atoms with E-state index in [1.54, 1.807) is 24.3 Å². The summed E-state index contributed by atoms with van der Waals surface area (Å²) in [6.07, 6.45) is 26.2. The average molecular weight is 473 g/mol. The van der Waals surface area contributed by atoms with Gasteiger partial charge in [-0.15, -0.1) is 0 Å². The summed E-state index contributed by atoms with van der Waals surface area (Å²) in [5, 5.41) is 4.25. The van der Waals surface area contributed by atoms with E-state index in [0.717, 1.165) is 69.1 Å². The molecule has 4 nitrogen and oxygen atoms in total. The average Bonchev–Trinajstić information content (AvgIpc) is 2.80. The third kappa shape index (κ3) is 14.6. The van der Waals surface area contributed by atoms with Crippen LogP contribution in [0, 0.1) is 6.92 Å². The molecule has 0 aliphatic rings. The van der Waals surface area contributed by atoms with Gasteiger partial charge < -0.3 is 0 Å². The van der Waals surface area contributed by atoms with E-state index in [-0.39, 0.29) is 4.90 Å². The van der Waals surface area contributed by atoms with Crippen molar-refractivity contribution in [2.45, 2.75) is 103 Å². The summed E-state index contributed by atoms with van der Waals surface area (Å²) in [7, 11) is -3.60. The Balaban J connectivity index is 2.22. The van der Waals surface area contributed by atoms with Crippen LogP contribution >= 0.6 is 0 Å². The zero-order chi connectivity index (χ0) is 24.2. The van der Waals surface area contributed by atoms with Crippen molar-refractivity contribution in [1.29, 1.82) is 0 Å². The van der Waals surface area contributed by atoms with E-state index < -0.39 is 10.0 Å². The van der Waals surface area contributed by atoms with Gasteiger partial charge in [0, 0.05) is 5.71 Å². The molecule has 0 fully saturated rings. The smallest absolute Gasteiger partial charge is 0.200 e. The van der Waals surface area contributed by atoms with Gasteiger partial charge in [-0.05, 0) is 70.4 Å². The molecule has 0 spiro atoms. The first-order chi connectivity index (χ1) is 16.0. The number of unbranched alkanes of at least 4 members (excludes halogenated alkanes) is 5. The van der Waals surface area contributed by atoms with Gasteiger partial charge >= 0.3 is 0 Å². The van der Waals surface area contributed by atoms with Crippen LogP contribution in [-0.4, -0.2) is 14.1 Å². The maximum Gasteiger partial charge on any atom is 0.276 e.